The van der Waals surface area contributed by atoms with Crippen molar-refractivity contribution < 1.29 is 14.7 Å². The highest BCUT2D eigenvalue weighted by Crippen LogP contribution is 2.09. The summed E-state index contributed by atoms with van der Waals surface area (Å²) >= 11 is 0. The highest BCUT2D eigenvalue weighted by Gasteiger charge is 2.16. The van der Waals surface area contributed by atoms with E-state index in [1.54, 1.807) is 0 Å². The van der Waals surface area contributed by atoms with Crippen molar-refractivity contribution in [3.8, 4) is 0 Å². The first-order valence-electron chi connectivity index (χ1n) is 6.91. The molecule has 110 valence electrons. The van der Waals surface area contributed by atoms with Crippen LogP contribution in [0.5, 0.6) is 0 Å². The molecule has 3 N–H and O–H groups in total. The fourth-order valence-electron chi connectivity index (χ4n) is 1.85. The van der Waals surface area contributed by atoms with Crippen LogP contribution >= 0.6 is 0 Å². The summed E-state index contributed by atoms with van der Waals surface area (Å²) in [5.74, 6) is -1.16. The van der Waals surface area contributed by atoms with E-state index in [1.807, 2.05) is 31.2 Å². The van der Waals surface area contributed by atoms with Gasteiger partial charge in [0.05, 0.1) is 6.54 Å². The Hall–Kier alpha value is -1.88. The molecule has 1 aromatic carbocycles. The van der Waals surface area contributed by atoms with Gasteiger partial charge >= 0.3 is 5.97 Å². The zero-order valence-electron chi connectivity index (χ0n) is 12.0. The van der Waals surface area contributed by atoms with Gasteiger partial charge < -0.3 is 10.4 Å². The van der Waals surface area contributed by atoms with Crippen LogP contribution in [0, 0.1) is 0 Å². The van der Waals surface area contributed by atoms with E-state index in [9.17, 15) is 9.59 Å². The predicted octanol–water partition coefficient (Wildman–Crippen LogP) is 2.03. The lowest BCUT2D eigenvalue weighted by Gasteiger charge is -2.13. The molecular weight excluding hydrogens is 256 g/mol. The van der Waals surface area contributed by atoms with Crippen molar-refractivity contribution >= 4 is 17.6 Å². The minimum atomic E-state index is -0.924. The SMILES string of the molecule is CCCC(NCC(=O)Nc1ccc(CC)cc1)C(=O)O. The average molecular weight is 278 g/mol. The number of aliphatic carboxylic acids is 1. The maximum atomic E-state index is 11.7. The summed E-state index contributed by atoms with van der Waals surface area (Å²) in [6.45, 7) is 3.97. The van der Waals surface area contributed by atoms with E-state index in [0.717, 1.165) is 18.5 Å². The highest BCUT2D eigenvalue weighted by molar-refractivity contribution is 5.92. The standard InChI is InChI=1S/C15H22N2O3/c1-3-5-13(15(19)20)16-10-14(18)17-12-8-6-11(4-2)7-9-12/h6-9,13,16H,3-5,10H2,1-2H3,(H,17,18)(H,19,20). The first-order valence-corrected chi connectivity index (χ1v) is 6.91. The number of benzene rings is 1. The number of carbonyl (C=O) groups is 2. The van der Waals surface area contributed by atoms with Crippen molar-refractivity contribution in [3.63, 3.8) is 0 Å². The maximum Gasteiger partial charge on any atom is 0.320 e. The number of rotatable bonds is 8. The molecule has 1 unspecified atom stereocenters. The van der Waals surface area contributed by atoms with Crippen molar-refractivity contribution in [2.24, 2.45) is 0 Å². The quantitative estimate of drug-likeness (QED) is 0.680. The number of hydrogen-bond acceptors (Lipinski definition) is 3. The Morgan fingerprint density at radius 3 is 2.35 bits per heavy atom. The predicted molar refractivity (Wildman–Crippen MR) is 78.8 cm³/mol. The van der Waals surface area contributed by atoms with Crippen molar-refractivity contribution in [3.05, 3.63) is 29.8 Å². The number of anilines is 1. The molecule has 0 aromatic heterocycles. The Labute approximate surface area is 119 Å². The molecular formula is C15H22N2O3. The second kappa shape index (κ2) is 8.32. The lowest BCUT2D eigenvalue weighted by atomic mass is 10.1. The number of carboxylic acid groups (broad SMARTS) is 1. The second-order valence-electron chi connectivity index (χ2n) is 4.66. The number of nitrogens with one attached hydrogen (secondary N) is 2. The van der Waals surface area contributed by atoms with Crippen LogP contribution in [-0.2, 0) is 16.0 Å². The van der Waals surface area contributed by atoms with E-state index >= 15 is 0 Å². The van der Waals surface area contributed by atoms with Crippen LogP contribution < -0.4 is 10.6 Å². The fraction of sp³-hybridized carbons (Fsp3) is 0.467. The third-order valence-corrected chi connectivity index (χ3v) is 3.03. The van der Waals surface area contributed by atoms with Crippen molar-refractivity contribution in [1.29, 1.82) is 0 Å². The minimum absolute atomic E-state index is 0.00744. The van der Waals surface area contributed by atoms with Gasteiger partial charge in [0, 0.05) is 5.69 Å². The number of aryl methyl sites for hydroxylation is 1. The minimum Gasteiger partial charge on any atom is -0.480 e. The summed E-state index contributed by atoms with van der Waals surface area (Å²) in [4.78, 5) is 22.7. The van der Waals surface area contributed by atoms with Gasteiger partial charge in [0.15, 0.2) is 0 Å². The molecule has 0 aliphatic heterocycles. The van der Waals surface area contributed by atoms with Gasteiger partial charge in [-0.25, -0.2) is 0 Å². The van der Waals surface area contributed by atoms with Crippen LogP contribution in [0.2, 0.25) is 0 Å². The van der Waals surface area contributed by atoms with Gasteiger partial charge in [-0.15, -0.1) is 0 Å². The van der Waals surface area contributed by atoms with Crippen molar-refractivity contribution in [1.82, 2.24) is 5.32 Å². The van der Waals surface area contributed by atoms with E-state index in [2.05, 4.69) is 17.6 Å². The van der Waals surface area contributed by atoms with E-state index < -0.39 is 12.0 Å². The Balaban J connectivity index is 2.44. The maximum absolute atomic E-state index is 11.7. The van der Waals surface area contributed by atoms with Crippen LogP contribution in [-0.4, -0.2) is 29.6 Å². The summed E-state index contributed by atoms with van der Waals surface area (Å²) in [5.41, 5.74) is 1.92. The molecule has 0 bridgehead atoms. The molecule has 0 aliphatic carbocycles. The van der Waals surface area contributed by atoms with Gasteiger partial charge in [0.1, 0.15) is 6.04 Å². The third-order valence-electron chi connectivity index (χ3n) is 3.03. The van der Waals surface area contributed by atoms with Crippen molar-refractivity contribution in [2.75, 3.05) is 11.9 Å². The normalized spacial score (nSPS) is 11.9. The molecule has 5 heteroatoms. The zero-order valence-corrected chi connectivity index (χ0v) is 12.0. The van der Waals surface area contributed by atoms with Gasteiger partial charge in [-0.3, -0.25) is 14.9 Å². The molecule has 1 amide bonds. The molecule has 0 saturated heterocycles. The number of carboxylic acids is 1. The van der Waals surface area contributed by atoms with Crippen LogP contribution in [0.15, 0.2) is 24.3 Å². The van der Waals surface area contributed by atoms with E-state index in [0.29, 0.717) is 6.42 Å². The first-order chi connectivity index (χ1) is 9.56. The first kappa shape index (κ1) is 16.2. The summed E-state index contributed by atoms with van der Waals surface area (Å²) in [7, 11) is 0. The molecule has 0 aliphatic rings. The van der Waals surface area contributed by atoms with Gasteiger partial charge in [-0.05, 0) is 30.5 Å². The van der Waals surface area contributed by atoms with Gasteiger partial charge in [-0.1, -0.05) is 32.4 Å². The molecule has 0 radical (unpaired) electrons. The van der Waals surface area contributed by atoms with Crippen LogP contribution in [0.25, 0.3) is 0 Å². The number of hydrogen-bond donors (Lipinski definition) is 3. The zero-order chi connectivity index (χ0) is 15.0. The Morgan fingerprint density at radius 2 is 1.85 bits per heavy atom. The Bertz CT molecular complexity index is 443. The van der Waals surface area contributed by atoms with Crippen LogP contribution in [0.3, 0.4) is 0 Å². The molecule has 0 fully saturated rings. The van der Waals surface area contributed by atoms with Gasteiger partial charge in [0.2, 0.25) is 5.91 Å². The lowest BCUT2D eigenvalue weighted by molar-refractivity contribution is -0.139. The van der Waals surface area contributed by atoms with Gasteiger partial charge in [-0.2, -0.15) is 0 Å². The highest BCUT2D eigenvalue weighted by atomic mass is 16.4. The van der Waals surface area contributed by atoms with Crippen molar-refractivity contribution in [2.45, 2.75) is 39.2 Å². The molecule has 0 spiro atoms. The summed E-state index contributed by atoms with van der Waals surface area (Å²) in [6, 6.07) is 6.93. The van der Waals surface area contributed by atoms with E-state index in [1.165, 1.54) is 5.56 Å². The molecule has 20 heavy (non-hydrogen) atoms. The van der Waals surface area contributed by atoms with E-state index in [-0.39, 0.29) is 12.5 Å². The number of carbonyl (C=O) groups excluding carboxylic acids is 1. The summed E-state index contributed by atoms with van der Waals surface area (Å²) in [6.07, 6.45) is 2.21. The van der Waals surface area contributed by atoms with Crippen LogP contribution in [0.4, 0.5) is 5.69 Å². The topological polar surface area (TPSA) is 78.4 Å². The molecule has 1 rings (SSSR count). The second-order valence-corrected chi connectivity index (χ2v) is 4.66. The summed E-state index contributed by atoms with van der Waals surface area (Å²) < 4.78 is 0. The third kappa shape index (κ3) is 5.40. The monoisotopic (exact) mass is 278 g/mol. The smallest absolute Gasteiger partial charge is 0.320 e. The molecule has 0 heterocycles. The molecule has 0 saturated carbocycles. The largest absolute Gasteiger partial charge is 0.480 e. The molecule has 1 atom stereocenters. The Kier molecular flexibility index (Phi) is 6.73. The van der Waals surface area contributed by atoms with E-state index in [4.69, 9.17) is 5.11 Å². The Morgan fingerprint density at radius 1 is 1.20 bits per heavy atom. The molecule has 5 nitrogen and oxygen atoms in total. The summed E-state index contributed by atoms with van der Waals surface area (Å²) in [5, 5.41) is 14.5. The average Bonchev–Trinajstić information content (AvgIpc) is 2.44. The molecule has 1 aromatic rings. The lowest BCUT2D eigenvalue weighted by Crippen LogP contribution is -2.41. The van der Waals surface area contributed by atoms with Crippen LogP contribution in [0.1, 0.15) is 32.3 Å². The van der Waals surface area contributed by atoms with Gasteiger partial charge in [0.25, 0.3) is 0 Å². The fourth-order valence-corrected chi connectivity index (χ4v) is 1.85. The number of amides is 1.